The first-order valence-electron chi connectivity index (χ1n) is 7.24. The summed E-state index contributed by atoms with van der Waals surface area (Å²) in [5.74, 6) is 0.793. The van der Waals surface area contributed by atoms with Crippen LogP contribution in [0.5, 0.6) is 0 Å². The molecule has 5 heteroatoms. The van der Waals surface area contributed by atoms with Crippen molar-refractivity contribution in [2.45, 2.75) is 47.1 Å². The Balaban J connectivity index is 2.27. The molecule has 0 saturated heterocycles. The molecule has 108 valence electrons. The summed E-state index contributed by atoms with van der Waals surface area (Å²) in [4.78, 5) is 8.92. The molecule has 0 spiro atoms. The third-order valence-corrected chi connectivity index (χ3v) is 3.42. The van der Waals surface area contributed by atoms with Crippen LogP contribution in [0.2, 0.25) is 0 Å². The van der Waals surface area contributed by atoms with Gasteiger partial charge in [0.05, 0.1) is 17.6 Å². The SMILES string of the molecule is CCCNCc1cncc(-n2nc(C)c(CC)c2C)n1. The van der Waals surface area contributed by atoms with E-state index in [0.717, 1.165) is 48.8 Å². The van der Waals surface area contributed by atoms with Crippen LogP contribution in [-0.2, 0) is 13.0 Å². The second-order valence-electron chi connectivity index (χ2n) is 4.96. The molecule has 0 aliphatic heterocycles. The van der Waals surface area contributed by atoms with E-state index in [1.807, 2.05) is 11.6 Å². The van der Waals surface area contributed by atoms with Crippen LogP contribution in [0.3, 0.4) is 0 Å². The van der Waals surface area contributed by atoms with Crippen molar-refractivity contribution in [1.29, 1.82) is 0 Å². The molecule has 5 nitrogen and oxygen atoms in total. The number of nitrogens with zero attached hydrogens (tertiary/aromatic N) is 4. The summed E-state index contributed by atoms with van der Waals surface area (Å²) >= 11 is 0. The van der Waals surface area contributed by atoms with E-state index in [2.05, 4.69) is 41.2 Å². The summed E-state index contributed by atoms with van der Waals surface area (Å²) in [5, 5.41) is 7.92. The molecular weight excluding hydrogens is 250 g/mol. The lowest BCUT2D eigenvalue weighted by Gasteiger charge is -2.07. The van der Waals surface area contributed by atoms with Crippen molar-refractivity contribution in [3.05, 3.63) is 35.0 Å². The van der Waals surface area contributed by atoms with Crippen molar-refractivity contribution < 1.29 is 0 Å². The van der Waals surface area contributed by atoms with Crippen molar-refractivity contribution in [1.82, 2.24) is 25.1 Å². The van der Waals surface area contributed by atoms with Gasteiger partial charge in [0.2, 0.25) is 0 Å². The Morgan fingerprint density at radius 1 is 1.20 bits per heavy atom. The zero-order valence-electron chi connectivity index (χ0n) is 12.8. The number of hydrogen-bond donors (Lipinski definition) is 1. The lowest BCUT2D eigenvalue weighted by Crippen LogP contribution is -2.16. The number of aromatic nitrogens is 4. The summed E-state index contributed by atoms with van der Waals surface area (Å²) in [7, 11) is 0. The van der Waals surface area contributed by atoms with Crippen molar-refractivity contribution in [3.8, 4) is 5.82 Å². The summed E-state index contributed by atoms with van der Waals surface area (Å²) in [5.41, 5.74) is 4.46. The van der Waals surface area contributed by atoms with E-state index in [0.29, 0.717) is 0 Å². The van der Waals surface area contributed by atoms with Crippen LogP contribution >= 0.6 is 0 Å². The predicted octanol–water partition coefficient (Wildman–Crippen LogP) is 2.34. The van der Waals surface area contributed by atoms with Gasteiger partial charge >= 0.3 is 0 Å². The van der Waals surface area contributed by atoms with Gasteiger partial charge in [-0.25, -0.2) is 9.67 Å². The molecule has 2 aromatic heterocycles. The van der Waals surface area contributed by atoms with Gasteiger partial charge < -0.3 is 5.32 Å². The number of aryl methyl sites for hydroxylation is 1. The minimum absolute atomic E-state index is 0.745. The van der Waals surface area contributed by atoms with Crippen LogP contribution in [0.15, 0.2) is 12.4 Å². The van der Waals surface area contributed by atoms with E-state index in [-0.39, 0.29) is 0 Å². The zero-order valence-corrected chi connectivity index (χ0v) is 12.8. The zero-order chi connectivity index (χ0) is 14.5. The van der Waals surface area contributed by atoms with E-state index in [1.165, 1.54) is 5.56 Å². The Bertz CT molecular complexity index is 574. The molecule has 2 heterocycles. The minimum atomic E-state index is 0.745. The van der Waals surface area contributed by atoms with E-state index >= 15 is 0 Å². The first kappa shape index (κ1) is 14.7. The second-order valence-corrected chi connectivity index (χ2v) is 4.96. The van der Waals surface area contributed by atoms with Crippen LogP contribution in [0.4, 0.5) is 0 Å². The summed E-state index contributed by atoms with van der Waals surface area (Å²) in [6, 6.07) is 0. The molecular formula is C15H23N5. The van der Waals surface area contributed by atoms with Gasteiger partial charge in [-0.3, -0.25) is 4.98 Å². The molecule has 0 bridgehead atoms. The number of hydrogen-bond acceptors (Lipinski definition) is 4. The molecule has 0 amide bonds. The Labute approximate surface area is 120 Å². The largest absolute Gasteiger partial charge is 0.311 e. The van der Waals surface area contributed by atoms with Gasteiger partial charge in [-0.15, -0.1) is 0 Å². The topological polar surface area (TPSA) is 55.6 Å². The Morgan fingerprint density at radius 2 is 2.00 bits per heavy atom. The maximum absolute atomic E-state index is 4.64. The highest BCUT2D eigenvalue weighted by atomic mass is 15.3. The van der Waals surface area contributed by atoms with E-state index in [4.69, 9.17) is 0 Å². The maximum Gasteiger partial charge on any atom is 0.172 e. The van der Waals surface area contributed by atoms with Gasteiger partial charge in [0.25, 0.3) is 0 Å². The number of rotatable bonds is 6. The standard InChI is InChI=1S/C15H23N5/c1-5-7-16-8-13-9-17-10-15(18-13)20-12(4)14(6-2)11(3)19-20/h9-10,16H,5-8H2,1-4H3. The molecule has 0 radical (unpaired) electrons. The molecule has 2 aromatic rings. The fourth-order valence-corrected chi connectivity index (χ4v) is 2.39. The Hall–Kier alpha value is -1.75. The van der Waals surface area contributed by atoms with Crippen molar-refractivity contribution in [2.24, 2.45) is 0 Å². The normalized spacial score (nSPS) is 11.0. The van der Waals surface area contributed by atoms with Crippen LogP contribution in [-0.4, -0.2) is 26.3 Å². The van der Waals surface area contributed by atoms with Gasteiger partial charge in [0.15, 0.2) is 5.82 Å². The minimum Gasteiger partial charge on any atom is -0.311 e. The average molecular weight is 273 g/mol. The molecule has 0 atom stereocenters. The van der Waals surface area contributed by atoms with Crippen LogP contribution in [0.25, 0.3) is 5.82 Å². The highest BCUT2D eigenvalue weighted by Gasteiger charge is 2.12. The smallest absolute Gasteiger partial charge is 0.172 e. The Kier molecular flexibility index (Phi) is 4.84. The molecule has 20 heavy (non-hydrogen) atoms. The first-order chi connectivity index (χ1) is 9.67. The predicted molar refractivity (Wildman–Crippen MR) is 80.0 cm³/mol. The molecule has 1 N–H and O–H groups in total. The lowest BCUT2D eigenvalue weighted by atomic mass is 10.1. The molecule has 0 fully saturated rings. The fourth-order valence-electron chi connectivity index (χ4n) is 2.39. The number of nitrogens with one attached hydrogen (secondary N) is 1. The first-order valence-corrected chi connectivity index (χ1v) is 7.24. The van der Waals surface area contributed by atoms with Gasteiger partial charge in [-0.1, -0.05) is 13.8 Å². The third-order valence-electron chi connectivity index (χ3n) is 3.42. The lowest BCUT2D eigenvalue weighted by molar-refractivity contribution is 0.657. The third kappa shape index (κ3) is 3.04. The summed E-state index contributed by atoms with van der Waals surface area (Å²) in [6.45, 7) is 10.2. The fraction of sp³-hybridized carbons (Fsp3) is 0.533. The van der Waals surface area contributed by atoms with Gasteiger partial charge in [-0.05, 0) is 38.8 Å². The van der Waals surface area contributed by atoms with E-state index in [1.54, 1.807) is 12.4 Å². The van der Waals surface area contributed by atoms with Crippen LogP contribution in [0.1, 0.15) is 42.9 Å². The highest BCUT2D eigenvalue weighted by Crippen LogP contribution is 2.16. The maximum atomic E-state index is 4.64. The molecule has 0 aliphatic rings. The van der Waals surface area contributed by atoms with Crippen molar-refractivity contribution in [2.75, 3.05) is 6.54 Å². The molecule has 0 saturated carbocycles. The second kappa shape index (κ2) is 6.61. The van der Waals surface area contributed by atoms with Gasteiger partial charge in [0, 0.05) is 18.4 Å². The molecule has 0 aromatic carbocycles. The van der Waals surface area contributed by atoms with Gasteiger partial charge in [-0.2, -0.15) is 5.10 Å². The average Bonchev–Trinajstić information content (AvgIpc) is 2.74. The van der Waals surface area contributed by atoms with E-state index < -0.39 is 0 Å². The van der Waals surface area contributed by atoms with Crippen molar-refractivity contribution in [3.63, 3.8) is 0 Å². The molecule has 0 unspecified atom stereocenters. The monoisotopic (exact) mass is 273 g/mol. The summed E-state index contributed by atoms with van der Waals surface area (Å²) < 4.78 is 1.89. The summed E-state index contributed by atoms with van der Waals surface area (Å²) in [6.07, 6.45) is 5.67. The van der Waals surface area contributed by atoms with Crippen molar-refractivity contribution >= 4 is 0 Å². The van der Waals surface area contributed by atoms with Crippen LogP contribution in [0, 0.1) is 13.8 Å². The van der Waals surface area contributed by atoms with Crippen LogP contribution < -0.4 is 5.32 Å². The van der Waals surface area contributed by atoms with Gasteiger partial charge in [0.1, 0.15) is 0 Å². The Morgan fingerprint density at radius 3 is 2.65 bits per heavy atom. The quantitative estimate of drug-likeness (QED) is 0.821. The molecule has 2 rings (SSSR count). The highest BCUT2D eigenvalue weighted by molar-refractivity contribution is 5.31. The molecule has 0 aliphatic carbocycles. The van der Waals surface area contributed by atoms with E-state index in [9.17, 15) is 0 Å².